The molecule has 0 bridgehead atoms. The van der Waals surface area contributed by atoms with Gasteiger partial charge >= 0.3 is 6.36 Å². The van der Waals surface area contributed by atoms with Crippen LogP contribution < -0.4 is 15.4 Å². The van der Waals surface area contributed by atoms with Crippen molar-refractivity contribution in [3.8, 4) is 5.75 Å². The number of nitrogens with zero attached hydrogens (tertiary/aromatic N) is 5. The summed E-state index contributed by atoms with van der Waals surface area (Å²) in [5.41, 5.74) is 10.7. The van der Waals surface area contributed by atoms with E-state index in [1.807, 2.05) is 24.3 Å². The number of nitrogens with two attached hydrogens (primary N) is 1. The zero-order chi connectivity index (χ0) is 28.0. The topological polar surface area (TPSA) is 87.9 Å². The van der Waals surface area contributed by atoms with Crippen molar-refractivity contribution < 1.29 is 17.9 Å². The Morgan fingerprint density at radius 1 is 1.00 bits per heavy atom. The molecule has 2 N–H and O–H groups in total. The number of para-hydroxylation sites is 1. The van der Waals surface area contributed by atoms with Gasteiger partial charge in [0.05, 0.1) is 11.9 Å². The fourth-order valence-electron chi connectivity index (χ4n) is 4.19. The van der Waals surface area contributed by atoms with Gasteiger partial charge < -0.3 is 15.4 Å². The van der Waals surface area contributed by atoms with E-state index >= 15 is 0 Å². The van der Waals surface area contributed by atoms with Crippen LogP contribution in [0.5, 0.6) is 5.75 Å². The number of thioether (sulfide) groups is 1. The molecule has 5 rings (SSSR count). The van der Waals surface area contributed by atoms with Gasteiger partial charge in [-0.2, -0.15) is 5.10 Å². The molecule has 40 heavy (non-hydrogen) atoms. The van der Waals surface area contributed by atoms with Crippen LogP contribution in [0.1, 0.15) is 41.9 Å². The lowest BCUT2D eigenvalue weighted by Crippen LogP contribution is -2.34. The minimum Gasteiger partial charge on any atom is -0.406 e. The molecule has 0 atom stereocenters. The minimum atomic E-state index is -4.74. The van der Waals surface area contributed by atoms with Gasteiger partial charge in [-0.25, -0.2) is 9.98 Å². The van der Waals surface area contributed by atoms with Crippen LogP contribution in [0.15, 0.2) is 93.0 Å². The molecule has 1 aliphatic heterocycles. The van der Waals surface area contributed by atoms with Gasteiger partial charge in [0.1, 0.15) is 17.9 Å². The molecule has 206 valence electrons. The number of aliphatic imine (C=N–C) groups is 2. The van der Waals surface area contributed by atoms with Crippen molar-refractivity contribution in [2.24, 2.45) is 25.9 Å². The highest BCUT2D eigenvalue weighted by atomic mass is 32.2. The number of rotatable bonds is 8. The molecule has 2 aliphatic rings. The van der Waals surface area contributed by atoms with E-state index in [1.165, 1.54) is 54.7 Å². The highest BCUT2D eigenvalue weighted by Crippen LogP contribution is 2.45. The summed E-state index contributed by atoms with van der Waals surface area (Å²) in [6, 6.07) is 21.1. The van der Waals surface area contributed by atoms with E-state index in [1.54, 1.807) is 18.0 Å². The van der Waals surface area contributed by atoms with Gasteiger partial charge in [0, 0.05) is 23.5 Å². The number of amidine groups is 2. The summed E-state index contributed by atoms with van der Waals surface area (Å²) in [6.07, 6.45) is 1.81. The average molecular weight is 565 g/mol. The predicted octanol–water partition coefficient (Wildman–Crippen LogP) is 6.86. The fourth-order valence-corrected chi connectivity index (χ4v) is 5.10. The third-order valence-electron chi connectivity index (χ3n) is 6.26. The molecule has 1 aliphatic carbocycles. The number of hydrogen-bond acceptors (Lipinski definition) is 5. The molecule has 0 amide bonds. The first-order valence-electron chi connectivity index (χ1n) is 12.8. The Balaban J connectivity index is 1.20. The van der Waals surface area contributed by atoms with Crippen LogP contribution in [0, 0.1) is 0 Å². The highest BCUT2D eigenvalue weighted by molar-refractivity contribution is 8.14. The molecule has 0 radical (unpaired) electrons. The fraction of sp³-hybridized carbons (Fsp3) is 0.241. The smallest absolute Gasteiger partial charge is 0.406 e. The Kier molecular flexibility index (Phi) is 8.49. The molecule has 3 aromatic carbocycles. The quantitative estimate of drug-likeness (QED) is 0.184. The summed E-state index contributed by atoms with van der Waals surface area (Å²) in [7, 11) is 0. The van der Waals surface area contributed by atoms with Gasteiger partial charge in [0.15, 0.2) is 5.17 Å². The van der Waals surface area contributed by atoms with Crippen molar-refractivity contribution >= 4 is 46.7 Å². The van der Waals surface area contributed by atoms with Crippen molar-refractivity contribution in [2.45, 2.75) is 31.5 Å². The second-order valence-corrected chi connectivity index (χ2v) is 10.3. The second-order valence-electron chi connectivity index (χ2n) is 9.24. The number of alkyl halides is 3. The Labute approximate surface area is 234 Å². The van der Waals surface area contributed by atoms with Gasteiger partial charge in [-0.15, -0.1) is 18.3 Å². The third kappa shape index (κ3) is 7.50. The van der Waals surface area contributed by atoms with E-state index in [4.69, 9.17) is 5.73 Å². The molecule has 0 aromatic heterocycles. The molecule has 1 saturated heterocycles. The normalized spacial score (nSPS) is 17.7. The molecule has 0 spiro atoms. The first-order chi connectivity index (χ1) is 19.4. The van der Waals surface area contributed by atoms with E-state index in [2.05, 4.69) is 54.1 Å². The molecule has 2 fully saturated rings. The lowest BCUT2D eigenvalue weighted by molar-refractivity contribution is -0.274. The summed E-state index contributed by atoms with van der Waals surface area (Å²) < 4.78 is 40.6. The monoisotopic (exact) mass is 564 g/mol. The SMILES string of the molecule is NC(=NC=Nc1ccc(OC(F)(F)F)cc1)c1ccc(/C=N\N=C2\SCCCN2c2ccccc2C2CC2)cc1. The number of benzene rings is 3. The van der Waals surface area contributed by atoms with Crippen LogP contribution in [-0.4, -0.2) is 42.2 Å². The third-order valence-corrected chi connectivity index (χ3v) is 7.32. The minimum absolute atomic E-state index is 0.244. The maximum atomic E-state index is 12.3. The van der Waals surface area contributed by atoms with E-state index in [9.17, 15) is 13.2 Å². The molecule has 1 saturated carbocycles. The standard InChI is InChI=1S/C29H27F3N6OS/c30-29(31,32)39-24-14-12-23(13-15-24)34-19-35-27(33)22-8-6-20(7-9-22)18-36-37-28-38(16-3-17-40-28)26-5-2-1-4-25(26)21-10-11-21/h1-2,4-9,12-15,18-19,21H,3,10-11,16-17H2,(H2,33,34,35)/b36-18-,37-28+. The molecule has 11 heteroatoms. The van der Waals surface area contributed by atoms with Gasteiger partial charge in [0.25, 0.3) is 0 Å². The first kappa shape index (κ1) is 27.4. The van der Waals surface area contributed by atoms with Crippen LogP contribution in [0.2, 0.25) is 0 Å². The average Bonchev–Trinajstić information content (AvgIpc) is 3.80. The summed E-state index contributed by atoms with van der Waals surface area (Å²) in [5.74, 6) is 1.60. The maximum absolute atomic E-state index is 12.3. The van der Waals surface area contributed by atoms with Crippen molar-refractivity contribution in [3.63, 3.8) is 0 Å². The zero-order valence-corrected chi connectivity index (χ0v) is 22.3. The maximum Gasteiger partial charge on any atom is 0.573 e. The Hall–Kier alpha value is -4.12. The number of anilines is 1. The van der Waals surface area contributed by atoms with Gasteiger partial charge in [0.2, 0.25) is 0 Å². The summed E-state index contributed by atoms with van der Waals surface area (Å²) >= 11 is 1.72. The predicted molar refractivity (Wildman–Crippen MR) is 156 cm³/mol. The molecular weight excluding hydrogens is 537 g/mol. The molecule has 7 nitrogen and oxygen atoms in total. The Bertz CT molecular complexity index is 1430. The number of ether oxygens (including phenoxy) is 1. The van der Waals surface area contributed by atoms with Gasteiger partial charge in [-0.05, 0) is 66.6 Å². The number of halogens is 3. The van der Waals surface area contributed by atoms with Crippen molar-refractivity contribution in [1.29, 1.82) is 0 Å². The zero-order valence-electron chi connectivity index (χ0n) is 21.5. The lowest BCUT2D eigenvalue weighted by atomic mass is 10.1. The van der Waals surface area contributed by atoms with Gasteiger partial charge in [-0.3, -0.25) is 0 Å². The van der Waals surface area contributed by atoms with E-state index in [-0.39, 0.29) is 11.6 Å². The largest absolute Gasteiger partial charge is 0.573 e. The van der Waals surface area contributed by atoms with Crippen LogP contribution in [-0.2, 0) is 0 Å². The summed E-state index contributed by atoms with van der Waals surface area (Å²) in [5, 5.41) is 9.82. The molecular formula is C29H27F3N6OS. The highest BCUT2D eigenvalue weighted by Gasteiger charge is 2.31. The Morgan fingerprint density at radius 3 is 2.48 bits per heavy atom. The van der Waals surface area contributed by atoms with Crippen molar-refractivity contribution in [3.05, 3.63) is 89.5 Å². The second kappa shape index (κ2) is 12.4. The van der Waals surface area contributed by atoms with E-state index in [0.29, 0.717) is 17.2 Å². The lowest BCUT2D eigenvalue weighted by Gasteiger charge is -2.30. The molecule has 1 heterocycles. The van der Waals surface area contributed by atoms with E-state index < -0.39 is 6.36 Å². The van der Waals surface area contributed by atoms with Crippen molar-refractivity contribution in [2.75, 3.05) is 17.2 Å². The van der Waals surface area contributed by atoms with Crippen LogP contribution in [0.4, 0.5) is 24.5 Å². The summed E-state index contributed by atoms with van der Waals surface area (Å²) in [6.45, 7) is 0.930. The van der Waals surface area contributed by atoms with Crippen LogP contribution >= 0.6 is 11.8 Å². The van der Waals surface area contributed by atoms with Gasteiger partial charge in [-0.1, -0.05) is 54.2 Å². The summed E-state index contributed by atoms with van der Waals surface area (Å²) in [4.78, 5) is 10.5. The van der Waals surface area contributed by atoms with Crippen LogP contribution in [0.25, 0.3) is 0 Å². The molecule has 3 aromatic rings. The molecule has 0 unspecified atom stereocenters. The first-order valence-corrected chi connectivity index (χ1v) is 13.8. The van der Waals surface area contributed by atoms with E-state index in [0.717, 1.165) is 29.4 Å². The Morgan fingerprint density at radius 2 is 1.75 bits per heavy atom. The van der Waals surface area contributed by atoms with Crippen LogP contribution in [0.3, 0.4) is 0 Å². The number of hydrogen-bond donors (Lipinski definition) is 1. The van der Waals surface area contributed by atoms with Crippen molar-refractivity contribution in [1.82, 2.24) is 0 Å².